The Kier molecular flexibility index (Phi) is 4.81. The summed E-state index contributed by atoms with van der Waals surface area (Å²) >= 11 is 1.54. The molecule has 1 unspecified atom stereocenters. The summed E-state index contributed by atoms with van der Waals surface area (Å²) in [5.74, 6) is 0. The van der Waals surface area contributed by atoms with Crippen LogP contribution in [0.5, 0.6) is 0 Å². The molecule has 0 saturated carbocycles. The van der Waals surface area contributed by atoms with E-state index in [2.05, 4.69) is 40.8 Å². The molecular weight excluding hydrogens is 316 g/mol. The molecule has 0 N–H and O–H groups in total. The van der Waals surface area contributed by atoms with Crippen LogP contribution in [0.1, 0.15) is 19.5 Å². The van der Waals surface area contributed by atoms with Crippen LogP contribution in [0.15, 0.2) is 69.1 Å². The van der Waals surface area contributed by atoms with E-state index in [4.69, 9.17) is 4.99 Å². The van der Waals surface area contributed by atoms with Crippen LogP contribution in [-0.4, -0.2) is 35.1 Å². The minimum atomic E-state index is -0.0445. The van der Waals surface area contributed by atoms with Gasteiger partial charge in [0, 0.05) is 18.6 Å². The van der Waals surface area contributed by atoms with Gasteiger partial charge in [-0.15, -0.1) is 0 Å². The first-order chi connectivity index (χ1) is 11.5. The highest BCUT2D eigenvalue weighted by Gasteiger charge is 2.11. The summed E-state index contributed by atoms with van der Waals surface area (Å²) in [4.78, 5) is 16.8. The highest BCUT2D eigenvalue weighted by molar-refractivity contribution is 8.06. The molecule has 0 bridgehead atoms. The van der Waals surface area contributed by atoms with Crippen molar-refractivity contribution in [2.45, 2.75) is 20.0 Å². The number of thioether (sulfide) groups is 1. The van der Waals surface area contributed by atoms with Gasteiger partial charge in [0.05, 0.1) is 22.8 Å². The van der Waals surface area contributed by atoms with Crippen LogP contribution < -0.4 is 0 Å². The molecule has 3 rings (SSSR count). The molecule has 0 saturated heterocycles. The highest BCUT2D eigenvalue weighted by Crippen LogP contribution is 2.26. The third kappa shape index (κ3) is 3.74. The number of rotatable bonds is 1. The van der Waals surface area contributed by atoms with Gasteiger partial charge in [-0.25, -0.2) is 4.99 Å². The molecule has 1 atom stereocenters. The summed E-state index contributed by atoms with van der Waals surface area (Å²) in [6, 6.07) is 10.3. The Morgan fingerprint density at radius 2 is 1.96 bits per heavy atom. The zero-order valence-corrected chi connectivity index (χ0v) is 14.9. The van der Waals surface area contributed by atoms with Crippen LogP contribution in [-0.2, 0) is 0 Å². The van der Waals surface area contributed by atoms with Gasteiger partial charge >= 0.3 is 0 Å². The average molecular weight is 336 g/mol. The van der Waals surface area contributed by atoms with Crippen LogP contribution in [0.3, 0.4) is 0 Å². The van der Waals surface area contributed by atoms with Crippen molar-refractivity contribution < 1.29 is 0 Å². The molecule has 1 aromatic carbocycles. The lowest BCUT2D eigenvalue weighted by molar-refractivity contribution is 0.415. The third-order valence-electron chi connectivity index (χ3n) is 3.81. The molecule has 122 valence electrons. The van der Waals surface area contributed by atoms with Crippen molar-refractivity contribution in [1.82, 2.24) is 9.88 Å². The van der Waals surface area contributed by atoms with Crippen LogP contribution in [0.2, 0.25) is 0 Å². The quantitative estimate of drug-likeness (QED) is 0.772. The number of aromatic nitrogens is 1. The van der Waals surface area contributed by atoms with E-state index in [1.165, 1.54) is 11.8 Å². The number of nitrogens with zero attached hydrogens (tertiary/aromatic N) is 4. The average Bonchev–Trinajstić information content (AvgIpc) is 2.57. The zero-order valence-electron chi connectivity index (χ0n) is 14.1. The first kappa shape index (κ1) is 16.5. The lowest BCUT2D eigenvalue weighted by Gasteiger charge is -2.20. The van der Waals surface area contributed by atoms with E-state index < -0.39 is 0 Å². The molecule has 0 spiro atoms. The number of aliphatic imine (C=N–C) groups is 2. The van der Waals surface area contributed by atoms with E-state index >= 15 is 0 Å². The van der Waals surface area contributed by atoms with E-state index in [1.807, 2.05) is 44.1 Å². The minimum absolute atomic E-state index is 0.0445. The van der Waals surface area contributed by atoms with Crippen molar-refractivity contribution in [3.05, 3.63) is 64.8 Å². The SMILES string of the molecule is C=C1/N=C\N(C)C(C)/N=C(c2cc3ccccc3cn2)\C=C(/C)S1. The second-order valence-corrected chi connectivity index (χ2v) is 7.04. The fourth-order valence-electron chi connectivity index (χ4n) is 2.38. The lowest BCUT2D eigenvalue weighted by Crippen LogP contribution is -2.27. The van der Waals surface area contributed by atoms with Gasteiger partial charge in [0.15, 0.2) is 0 Å². The maximum absolute atomic E-state index is 4.84. The number of fused-ring (bicyclic) bond motifs is 1. The molecule has 1 aliphatic heterocycles. The molecule has 2 heterocycles. The topological polar surface area (TPSA) is 40.9 Å². The monoisotopic (exact) mass is 336 g/mol. The predicted molar refractivity (Wildman–Crippen MR) is 104 cm³/mol. The predicted octanol–water partition coefficient (Wildman–Crippen LogP) is 4.45. The molecule has 1 aromatic heterocycles. The van der Waals surface area contributed by atoms with Crippen molar-refractivity contribution in [2.75, 3.05) is 7.05 Å². The number of pyridine rings is 1. The molecular formula is C19H20N4S. The van der Waals surface area contributed by atoms with Gasteiger partial charge in [-0.3, -0.25) is 9.98 Å². The molecule has 1 aliphatic rings. The molecule has 0 fully saturated rings. The Hall–Kier alpha value is -2.40. The van der Waals surface area contributed by atoms with Crippen LogP contribution >= 0.6 is 11.8 Å². The second kappa shape index (κ2) is 7.01. The Bertz CT molecular complexity index is 867. The van der Waals surface area contributed by atoms with Gasteiger partial charge in [0.2, 0.25) is 0 Å². The van der Waals surface area contributed by atoms with E-state index in [9.17, 15) is 0 Å². The first-order valence-corrected chi connectivity index (χ1v) is 8.59. The number of allylic oxidation sites excluding steroid dienone is 2. The van der Waals surface area contributed by atoms with Gasteiger partial charge in [-0.05, 0) is 36.3 Å². The summed E-state index contributed by atoms with van der Waals surface area (Å²) < 4.78 is 0. The van der Waals surface area contributed by atoms with Gasteiger partial charge in [0.1, 0.15) is 6.17 Å². The summed E-state index contributed by atoms with van der Waals surface area (Å²) in [5.41, 5.74) is 1.74. The standard InChI is InChI=1S/C19H20N4S/c1-13-9-19(22-14(2)23(4)12-21-15(3)24-13)18-10-16-7-5-6-8-17(16)11-20-18/h5-12,14H,3H2,1-2,4H3/b13-9+,21-12-,22-19+. The van der Waals surface area contributed by atoms with E-state index in [0.29, 0.717) is 0 Å². The Morgan fingerprint density at radius 3 is 2.75 bits per heavy atom. The maximum Gasteiger partial charge on any atom is 0.119 e. The summed E-state index contributed by atoms with van der Waals surface area (Å²) in [5, 5.41) is 3.05. The van der Waals surface area contributed by atoms with Gasteiger partial charge in [-0.2, -0.15) is 0 Å². The van der Waals surface area contributed by atoms with E-state index in [0.717, 1.165) is 32.1 Å². The first-order valence-electron chi connectivity index (χ1n) is 7.77. The fraction of sp³-hybridized carbons (Fsp3) is 0.211. The molecule has 2 aromatic rings. The van der Waals surface area contributed by atoms with Gasteiger partial charge < -0.3 is 4.90 Å². The molecule has 0 radical (unpaired) electrons. The zero-order chi connectivity index (χ0) is 17.1. The Morgan fingerprint density at radius 1 is 1.21 bits per heavy atom. The smallest absolute Gasteiger partial charge is 0.119 e. The van der Waals surface area contributed by atoms with Gasteiger partial charge in [-0.1, -0.05) is 42.6 Å². The Balaban J connectivity index is 2.09. The molecule has 24 heavy (non-hydrogen) atoms. The second-order valence-electron chi connectivity index (χ2n) is 5.72. The molecule has 0 aliphatic carbocycles. The van der Waals surface area contributed by atoms with E-state index in [1.54, 1.807) is 6.34 Å². The highest BCUT2D eigenvalue weighted by atomic mass is 32.2. The number of benzene rings is 1. The lowest BCUT2D eigenvalue weighted by atomic mass is 10.1. The van der Waals surface area contributed by atoms with Crippen molar-refractivity contribution in [2.24, 2.45) is 9.98 Å². The molecule has 0 amide bonds. The van der Waals surface area contributed by atoms with Crippen molar-refractivity contribution in [3.8, 4) is 0 Å². The largest absolute Gasteiger partial charge is 0.344 e. The van der Waals surface area contributed by atoms with Gasteiger partial charge in [0.25, 0.3) is 0 Å². The summed E-state index contributed by atoms with van der Waals surface area (Å²) in [6.45, 7) is 8.05. The molecule has 5 heteroatoms. The van der Waals surface area contributed by atoms with Crippen LogP contribution in [0.4, 0.5) is 0 Å². The Labute approximate surface area is 146 Å². The maximum atomic E-state index is 4.84. The number of hydrogen-bond donors (Lipinski definition) is 0. The van der Waals surface area contributed by atoms with Crippen LogP contribution in [0.25, 0.3) is 10.8 Å². The fourth-order valence-corrected chi connectivity index (χ4v) is 3.02. The van der Waals surface area contributed by atoms with Crippen molar-refractivity contribution in [3.63, 3.8) is 0 Å². The summed E-state index contributed by atoms with van der Waals surface area (Å²) in [7, 11) is 1.96. The number of hydrogen-bond acceptors (Lipinski definition) is 5. The van der Waals surface area contributed by atoms with Crippen LogP contribution in [0, 0.1) is 0 Å². The van der Waals surface area contributed by atoms with E-state index in [-0.39, 0.29) is 6.17 Å². The molecule has 4 nitrogen and oxygen atoms in total. The minimum Gasteiger partial charge on any atom is -0.344 e. The van der Waals surface area contributed by atoms with Crippen molar-refractivity contribution in [1.29, 1.82) is 0 Å². The normalized spacial score (nSPS) is 24.9. The van der Waals surface area contributed by atoms with Crippen molar-refractivity contribution >= 4 is 34.6 Å². The summed E-state index contributed by atoms with van der Waals surface area (Å²) in [6.07, 6.45) is 5.68. The third-order valence-corrected chi connectivity index (χ3v) is 4.59.